The quantitative estimate of drug-likeness (QED) is 0.872. The number of aliphatic hydroxyl groups excluding tert-OH is 1. The van der Waals surface area contributed by atoms with Gasteiger partial charge in [0.1, 0.15) is 0 Å². The molecule has 0 fully saturated rings. The first-order valence-corrected chi connectivity index (χ1v) is 5.46. The van der Waals surface area contributed by atoms with E-state index in [1.165, 1.54) is 0 Å². The molecule has 3 nitrogen and oxygen atoms in total. The van der Waals surface area contributed by atoms with Gasteiger partial charge in [0.25, 0.3) is 0 Å². The van der Waals surface area contributed by atoms with Crippen LogP contribution in [0.25, 0.3) is 10.8 Å². The van der Waals surface area contributed by atoms with Crippen LogP contribution in [0.5, 0.6) is 0 Å². The average Bonchev–Trinajstić information content (AvgIpc) is 2.40. The molecule has 0 aromatic heterocycles. The van der Waals surface area contributed by atoms with Crippen LogP contribution in [0.15, 0.2) is 42.5 Å². The van der Waals surface area contributed by atoms with Crippen molar-refractivity contribution in [3.63, 3.8) is 0 Å². The zero-order valence-corrected chi connectivity index (χ0v) is 9.34. The first-order chi connectivity index (χ1) is 8.36. The third-order valence-electron chi connectivity index (χ3n) is 2.60. The van der Waals surface area contributed by atoms with E-state index in [-0.39, 0.29) is 13.2 Å². The molecule has 86 valence electrons. The molecule has 2 aromatic carbocycles. The van der Waals surface area contributed by atoms with Crippen LogP contribution in [0, 0.1) is 11.3 Å². The summed E-state index contributed by atoms with van der Waals surface area (Å²) in [4.78, 5) is 0. The van der Waals surface area contributed by atoms with Gasteiger partial charge in [-0.2, -0.15) is 5.26 Å². The first-order valence-electron chi connectivity index (χ1n) is 5.46. The summed E-state index contributed by atoms with van der Waals surface area (Å²) in [5.41, 5.74) is 0.846. The number of hydrogen-bond acceptors (Lipinski definition) is 3. The molecule has 1 unspecified atom stereocenters. The van der Waals surface area contributed by atoms with E-state index < -0.39 is 6.10 Å². The van der Waals surface area contributed by atoms with Crippen molar-refractivity contribution in [2.45, 2.75) is 6.10 Å². The van der Waals surface area contributed by atoms with E-state index in [1.807, 2.05) is 42.5 Å². The van der Waals surface area contributed by atoms with Crippen molar-refractivity contribution in [2.75, 3.05) is 13.2 Å². The molecule has 0 saturated carbocycles. The van der Waals surface area contributed by atoms with E-state index in [0.717, 1.165) is 16.3 Å². The predicted octanol–water partition coefficient (Wildman–Crippen LogP) is 2.41. The highest BCUT2D eigenvalue weighted by atomic mass is 16.5. The van der Waals surface area contributed by atoms with Crippen molar-refractivity contribution in [1.29, 1.82) is 5.26 Å². The Morgan fingerprint density at radius 3 is 2.71 bits per heavy atom. The normalized spacial score (nSPS) is 12.2. The number of aliphatic hydroxyl groups is 1. The minimum atomic E-state index is -0.631. The van der Waals surface area contributed by atoms with Crippen LogP contribution in [0.3, 0.4) is 0 Å². The fourth-order valence-corrected chi connectivity index (χ4v) is 1.85. The number of nitriles is 1. The number of ether oxygens (including phenoxy) is 1. The number of fused-ring (bicyclic) bond motifs is 1. The van der Waals surface area contributed by atoms with Crippen LogP contribution < -0.4 is 0 Å². The van der Waals surface area contributed by atoms with Crippen LogP contribution in [-0.4, -0.2) is 18.3 Å². The molecule has 0 heterocycles. The van der Waals surface area contributed by atoms with Crippen LogP contribution in [0.1, 0.15) is 11.7 Å². The molecule has 2 aromatic rings. The highest BCUT2D eigenvalue weighted by Gasteiger charge is 2.13. The molecule has 0 saturated heterocycles. The van der Waals surface area contributed by atoms with E-state index in [2.05, 4.69) is 6.07 Å². The zero-order valence-electron chi connectivity index (χ0n) is 9.34. The Labute approximate surface area is 99.9 Å². The van der Waals surface area contributed by atoms with E-state index in [1.54, 1.807) is 0 Å². The number of hydrogen-bond donors (Lipinski definition) is 1. The third-order valence-corrected chi connectivity index (χ3v) is 2.60. The molecule has 0 aliphatic carbocycles. The van der Waals surface area contributed by atoms with Crippen molar-refractivity contribution >= 4 is 10.8 Å². The van der Waals surface area contributed by atoms with Gasteiger partial charge in [-0.25, -0.2) is 0 Å². The summed E-state index contributed by atoms with van der Waals surface area (Å²) >= 11 is 0. The summed E-state index contributed by atoms with van der Waals surface area (Å²) in [6.45, 7) is 0.0877. The Balaban J connectivity index is 2.43. The van der Waals surface area contributed by atoms with Gasteiger partial charge in [0.15, 0.2) is 6.10 Å². The fraction of sp³-hybridized carbons (Fsp3) is 0.214. The maximum atomic E-state index is 9.11. The molecule has 3 heteroatoms. The second kappa shape index (κ2) is 5.44. The molecule has 2 rings (SSSR count). The van der Waals surface area contributed by atoms with Crippen LogP contribution in [0.4, 0.5) is 0 Å². The topological polar surface area (TPSA) is 53.2 Å². The van der Waals surface area contributed by atoms with Crippen molar-refractivity contribution in [2.24, 2.45) is 0 Å². The van der Waals surface area contributed by atoms with Gasteiger partial charge >= 0.3 is 0 Å². The van der Waals surface area contributed by atoms with Gasteiger partial charge in [0.05, 0.1) is 19.3 Å². The maximum Gasteiger partial charge on any atom is 0.169 e. The predicted molar refractivity (Wildman–Crippen MR) is 65.3 cm³/mol. The van der Waals surface area contributed by atoms with Crippen LogP contribution >= 0.6 is 0 Å². The lowest BCUT2D eigenvalue weighted by Crippen LogP contribution is -2.06. The zero-order chi connectivity index (χ0) is 12.1. The number of rotatable bonds is 4. The smallest absolute Gasteiger partial charge is 0.169 e. The van der Waals surface area contributed by atoms with Crippen molar-refractivity contribution in [3.05, 3.63) is 48.0 Å². The minimum Gasteiger partial charge on any atom is -0.394 e. The standard InChI is InChI=1S/C14H13NO2/c15-10-14(17-9-8-16)13-7-3-5-11-4-1-2-6-12(11)13/h1-7,14,16H,8-9H2. The van der Waals surface area contributed by atoms with Crippen LogP contribution in [0.2, 0.25) is 0 Å². The summed E-state index contributed by atoms with van der Waals surface area (Å²) in [5, 5.41) is 19.9. The number of benzene rings is 2. The lowest BCUT2D eigenvalue weighted by Gasteiger charge is -2.12. The molecule has 1 N–H and O–H groups in total. The Kier molecular flexibility index (Phi) is 3.71. The van der Waals surface area contributed by atoms with Crippen molar-refractivity contribution in [1.82, 2.24) is 0 Å². The molecule has 0 bridgehead atoms. The summed E-state index contributed by atoms with van der Waals surface area (Å²) in [6, 6.07) is 15.8. The van der Waals surface area contributed by atoms with E-state index in [0.29, 0.717) is 0 Å². The SMILES string of the molecule is N#CC(OCCO)c1cccc2ccccc12. The average molecular weight is 227 g/mol. The van der Waals surface area contributed by atoms with Gasteiger partial charge < -0.3 is 9.84 Å². The number of nitrogens with zero attached hydrogens (tertiary/aromatic N) is 1. The second-order valence-corrected chi connectivity index (χ2v) is 3.67. The molecule has 0 spiro atoms. The third kappa shape index (κ3) is 2.44. The summed E-state index contributed by atoms with van der Waals surface area (Å²) in [6.07, 6.45) is -0.631. The molecule has 0 amide bonds. The molecule has 1 atom stereocenters. The summed E-state index contributed by atoms with van der Waals surface area (Å²) in [5.74, 6) is 0. The molecular weight excluding hydrogens is 214 g/mol. The van der Waals surface area contributed by atoms with Gasteiger partial charge in [-0.05, 0) is 10.8 Å². The van der Waals surface area contributed by atoms with Gasteiger partial charge in [-0.15, -0.1) is 0 Å². The highest BCUT2D eigenvalue weighted by molar-refractivity contribution is 5.86. The fourth-order valence-electron chi connectivity index (χ4n) is 1.85. The van der Waals surface area contributed by atoms with E-state index in [4.69, 9.17) is 15.1 Å². The highest BCUT2D eigenvalue weighted by Crippen LogP contribution is 2.25. The molecule has 0 aliphatic rings. The molecule has 0 aliphatic heterocycles. The second-order valence-electron chi connectivity index (χ2n) is 3.67. The molecular formula is C14H13NO2. The monoisotopic (exact) mass is 227 g/mol. The Morgan fingerprint density at radius 2 is 1.94 bits per heavy atom. The summed E-state index contributed by atoms with van der Waals surface area (Å²) in [7, 11) is 0. The Hall–Kier alpha value is -1.89. The first kappa shape index (κ1) is 11.6. The van der Waals surface area contributed by atoms with Gasteiger partial charge in [-0.3, -0.25) is 0 Å². The van der Waals surface area contributed by atoms with Crippen molar-refractivity contribution < 1.29 is 9.84 Å². The molecule has 17 heavy (non-hydrogen) atoms. The lowest BCUT2D eigenvalue weighted by atomic mass is 10.0. The summed E-state index contributed by atoms with van der Waals surface area (Å²) < 4.78 is 5.32. The maximum absolute atomic E-state index is 9.11. The lowest BCUT2D eigenvalue weighted by molar-refractivity contribution is 0.0588. The van der Waals surface area contributed by atoms with Crippen LogP contribution in [-0.2, 0) is 4.74 Å². The minimum absolute atomic E-state index is 0.0804. The van der Waals surface area contributed by atoms with Crippen molar-refractivity contribution in [3.8, 4) is 6.07 Å². The van der Waals surface area contributed by atoms with Gasteiger partial charge in [0, 0.05) is 5.56 Å². The largest absolute Gasteiger partial charge is 0.394 e. The Morgan fingerprint density at radius 1 is 1.18 bits per heavy atom. The Bertz CT molecular complexity index is 540. The van der Waals surface area contributed by atoms with E-state index in [9.17, 15) is 0 Å². The molecule has 0 radical (unpaired) electrons. The van der Waals surface area contributed by atoms with Gasteiger partial charge in [0.2, 0.25) is 0 Å². The van der Waals surface area contributed by atoms with Gasteiger partial charge in [-0.1, -0.05) is 42.5 Å². The van der Waals surface area contributed by atoms with E-state index >= 15 is 0 Å².